The lowest BCUT2D eigenvalue weighted by Gasteiger charge is -2.26. The van der Waals surface area contributed by atoms with Gasteiger partial charge in [0.25, 0.3) is 0 Å². The van der Waals surface area contributed by atoms with Gasteiger partial charge in [-0.1, -0.05) is 43.3 Å². The summed E-state index contributed by atoms with van der Waals surface area (Å²) in [6.45, 7) is 4.37. The Hall–Kier alpha value is -1.04. The van der Waals surface area contributed by atoms with Crippen LogP contribution in [0.15, 0.2) is 36.4 Å². The van der Waals surface area contributed by atoms with Crippen LogP contribution in [0, 0.1) is 11.8 Å². The van der Waals surface area contributed by atoms with Gasteiger partial charge in [0.1, 0.15) is 0 Å². The molecule has 1 aromatic rings. The van der Waals surface area contributed by atoms with Gasteiger partial charge in [-0.3, -0.25) is 0 Å². The van der Waals surface area contributed by atoms with Crippen molar-refractivity contribution in [2.75, 3.05) is 0 Å². The molecule has 1 aromatic carbocycles. The van der Waals surface area contributed by atoms with Gasteiger partial charge >= 0.3 is 0 Å². The van der Waals surface area contributed by atoms with Gasteiger partial charge in [-0.05, 0) is 74.8 Å². The van der Waals surface area contributed by atoms with Crippen molar-refractivity contribution in [2.24, 2.45) is 11.8 Å². The maximum atomic E-state index is 2.40. The van der Waals surface area contributed by atoms with Crippen molar-refractivity contribution in [1.82, 2.24) is 0 Å². The van der Waals surface area contributed by atoms with Crippen LogP contribution in [0.3, 0.4) is 0 Å². The fourth-order valence-electron chi connectivity index (χ4n) is 3.25. The molecule has 0 aromatic heterocycles. The largest absolute Gasteiger partial charge is 0.0914 e. The zero-order chi connectivity index (χ0) is 13.5. The molecule has 19 heavy (non-hydrogen) atoms. The normalized spacial score (nSPS) is 23.9. The van der Waals surface area contributed by atoms with Crippen LogP contribution in [0.25, 0.3) is 0 Å². The van der Waals surface area contributed by atoms with Gasteiger partial charge in [0.15, 0.2) is 0 Å². The van der Waals surface area contributed by atoms with E-state index in [4.69, 9.17) is 0 Å². The lowest BCUT2D eigenvalue weighted by molar-refractivity contribution is 0.296. The van der Waals surface area contributed by atoms with E-state index in [1.54, 1.807) is 0 Å². The van der Waals surface area contributed by atoms with E-state index in [1.807, 2.05) is 0 Å². The number of hydrogen-bond donors (Lipinski definition) is 0. The smallest absolute Gasteiger partial charge is 0.0233 e. The number of benzene rings is 1. The summed E-state index contributed by atoms with van der Waals surface area (Å²) >= 11 is 0. The van der Waals surface area contributed by atoms with Crippen LogP contribution in [0.2, 0.25) is 0 Å². The zero-order valence-electron chi connectivity index (χ0n) is 12.6. The third-order valence-corrected chi connectivity index (χ3v) is 4.63. The Morgan fingerprint density at radius 1 is 1.00 bits per heavy atom. The second-order valence-electron chi connectivity index (χ2n) is 6.02. The van der Waals surface area contributed by atoms with Crippen molar-refractivity contribution < 1.29 is 0 Å². The van der Waals surface area contributed by atoms with Gasteiger partial charge in [-0.15, -0.1) is 0 Å². The van der Waals surface area contributed by atoms with Gasteiger partial charge in [-0.2, -0.15) is 0 Å². The van der Waals surface area contributed by atoms with Crippen molar-refractivity contribution in [3.63, 3.8) is 0 Å². The molecule has 0 nitrogen and oxygen atoms in total. The Morgan fingerprint density at radius 3 is 2.21 bits per heavy atom. The summed E-state index contributed by atoms with van der Waals surface area (Å²) in [5.74, 6) is 1.83. The monoisotopic (exact) mass is 256 g/mol. The Kier molecular flexibility index (Phi) is 5.69. The van der Waals surface area contributed by atoms with E-state index in [0.29, 0.717) is 0 Å². The summed E-state index contributed by atoms with van der Waals surface area (Å²) in [4.78, 5) is 0. The molecule has 1 fully saturated rings. The van der Waals surface area contributed by atoms with Gasteiger partial charge < -0.3 is 0 Å². The number of hydrogen-bond acceptors (Lipinski definition) is 0. The summed E-state index contributed by atoms with van der Waals surface area (Å²) in [5, 5.41) is 0. The average Bonchev–Trinajstić information content (AvgIpc) is 2.47. The first-order chi connectivity index (χ1) is 9.31. The minimum atomic E-state index is 0.866. The molecule has 0 heterocycles. The molecule has 0 unspecified atom stereocenters. The highest BCUT2D eigenvalue weighted by atomic mass is 14.2. The number of aryl methyl sites for hydroxylation is 2. The Bertz CT molecular complexity index is 377. The molecule has 0 aliphatic heterocycles. The van der Waals surface area contributed by atoms with E-state index in [9.17, 15) is 0 Å². The minimum Gasteiger partial charge on any atom is -0.0914 e. The quantitative estimate of drug-likeness (QED) is 0.605. The molecular weight excluding hydrogens is 228 g/mol. The molecule has 0 saturated heterocycles. The van der Waals surface area contributed by atoms with Crippen LogP contribution >= 0.6 is 0 Å². The summed E-state index contributed by atoms with van der Waals surface area (Å²) < 4.78 is 0. The molecule has 0 atom stereocenters. The standard InChI is InChI=1S/C19H28/c1-3-5-17-10-12-19(13-11-17)15-14-18-8-6-16(4-2)7-9-18/h3,5-9,17,19H,4,10-15H2,1-2H3/t17-,19-. The van der Waals surface area contributed by atoms with E-state index >= 15 is 0 Å². The third-order valence-electron chi connectivity index (χ3n) is 4.63. The van der Waals surface area contributed by atoms with Crippen molar-refractivity contribution in [1.29, 1.82) is 0 Å². The summed E-state index contributed by atoms with van der Waals surface area (Å²) in [6, 6.07) is 9.23. The summed E-state index contributed by atoms with van der Waals surface area (Å²) in [7, 11) is 0. The molecule has 1 aliphatic rings. The van der Waals surface area contributed by atoms with Gasteiger partial charge in [0, 0.05) is 0 Å². The van der Waals surface area contributed by atoms with Gasteiger partial charge in [0.2, 0.25) is 0 Å². The first-order valence-corrected chi connectivity index (χ1v) is 8.02. The minimum absolute atomic E-state index is 0.866. The predicted octanol–water partition coefficient (Wildman–Crippen LogP) is 5.56. The highest BCUT2D eigenvalue weighted by molar-refractivity contribution is 5.22. The number of rotatable bonds is 5. The lowest BCUT2D eigenvalue weighted by atomic mass is 9.79. The van der Waals surface area contributed by atoms with Crippen molar-refractivity contribution >= 4 is 0 Å². The maximum absolute atomic E-state index is 2.40. The lowest BCUT2D eigenvalue weighted by Crippen LogP contribution is -2.13. The molecule has 1 aliphatic carbocycles. The molecule has 2 rings (SSSR count). The van der Waals surface area contributed by atoms with Crippen LogP contribution in [0.4, 0.5) is 0 Å². The molecular formula is C19H28. The highest BCUT2D eigenvalue weighted by Gasteiger charge is 2.18. The van der Waals surface area contributed by atoms with Crippen LogP contribution in [0.5, 0.6) is 0 Å². The SMILES string of the molecule is CC=C[C@H]1CC[C@H](CCc2ccc(CC)cc2)CC1. The highest BCUT2D eigenvalue weighted by Crippen LogP contribution is 2.32. The van der Waals surface area contributed by atoms with E-state index in [-0.39, 0.29) is 0 Å². The van der Waals surface area contributed by atoms with Gasteiger partial charge in [0.05, 0.1) is 0 Å². The van der Waals surface area contributed by atoms with Crippen LogP contribution in [-0.4, -0.2) is 0 Å². The molecule has 1 saturated carbocycles. The fourth-order valence-corrected chi connectivity index (χ4v) is 3.25. The average molecular weight is 256 g/mol. The van der Waals surface area contributed by atoms with Crippen LogP contribution < -0.4 is 0 Å². The van der Waals surface area contributed by atoms with E-state index in [2.05, 4.69) is 50.3 Å². The van der Waals surface area contributed by atoms with Crippen molar-refractivity contribution in [3.8, 4) is 0 Å². The molecule has 0 amide bonds. The first-order valence-electron chi connectivity index (χ1n) is 8.02. The molecule has 0 radical (unpaired) electrons. The molecule has 0 spiro atoms. The first kappa shape index (κ1) is 14.4. The summed E-state index contributed by atoms with van der Waals surface area (Å²) in [6.07, 6.45) is 14.1. The fraction of sp³-hybridized carbons (Fsp3) is 0.579. The Labute approximate surface area is 118 Å². The van der Waals surface area contributed by atoms with E-state index in [1.165, 1.54) is 49.7 Å². The predicted molar refractivity (Wildman–Crippen MR) is 84.4 cm³/mol. The maximum Gasteiger partial charge on any atom is -0.0233 e. The zero-order valence-corrected chi connectivity index (χ0v) is 12.6. The van der Waals surface area contributed by atoms with E-state index in [0.717, 1.165) is 18.3 Å². The topological polar surface area (TPSA) is 0 Å². The summed E-state index contributed by atoms with van der Waals surface area (Å²) in [5.41, 5.74) is 2.98. The van der Waals surface area contributed by atoms with Crippen molar-refractivity contribution in [3.05, 3.63) is 47.5 Å². The molecule has 0 heteroatoms. The number of allylic oxidation sites excluding steroid dienone is 2. The second kappa shape index (κ2) is 7.53. The Balaban J connectivity index is 1.74. The van der Waals surface area contributed by atoms with Crippen molar-refractivity contribution in [2.45, 2.75) is 58.8 Å². The molecule has 0 bridgehead atoms. The molecule has 0 N–H and O–H groups in total. The van der Waals surface area contributed by atoms with Crippen LogP contribution in [-0.2, 0) is 12.8 Å². The van der Waals surface area contributed by atoms with E-state index < -0.39 is 0 Å². The van der Waals surface area contributed by atoms with Crippen LogP contribution in [0.1, 0.15) is 57.1 Å². The third kappa shape index (κ3) is 4.53. The Morgan fingerprint density at radius 2 is 1.63 bits per heavy atom. The second-order valence-corrected chi connectivity index (χ2v) is 6.02. The molecule has 104 valence electrons. The van der Waals surface area contributed by atoms with Gasteiger partial charge in [-0.25, -0.2) is 0 Å².